The third kappa shape index (κ3) is 2.23. The second-order valence-electron chi connectivity index (χ2n) is 3.93. The summed E-state index contributed by atoms with van der Waals surface area (Å²) in [5, 5.41) is 0.853. The lowest BCUT2D eigenvalue weighted by molar-refractivity contribution is 0.104. The molecule has 0 bridgehead atoms. The molecule has 0 unspecified atom stereocenters. The smallest absolute Gasteiger partial charge is 0.197 e. The maximum atomic E-state index is 12.5. The van der Waals surface area contributed by atoms with E-state index in [4.69, 9.17) is 23.2 Å². The van der Waals surface area contributed by atoms with Gasteiger partial charge in [-0.1, -0.05) is 45.2 Å². The highest BCUT2D eigenvalue weighted by atomic mass is 79.9. The van der Waals surface area contributed by atoms with Crippen LogP contribution >= 0.6 is 50.5 Å². The van der Waals surface area contributed by atoms with Gasteiger partial charge in [0.15, 0.2) is 5.78 Å². The quantitative estimate of drug-likeness (QED) is 0.587. The molecule has 2 heterocycles. The lowest BCUT2D eigenvalue weighted by Crippen LogP contribution is -1.99. The van der Waals surface area contributed by atoms with Crippen LogP contribution in [0.3, 0.4) is 0 Å². The Kier molecular flexibility index (Phi) is 3.43. The molecule has 0 amide bonds. The van der Waals surface area contributed by atoms with Crippen LogP contribution in [0.5, 0.6) is 0 Å². The summed E-state index contributed by atoms with van der Waals surface area (Å²) in [4.78, 5) is 15.6. The van der Waals surface area contributed by atoms with E-state index in [2.05, 4.69) is 20.9 Å². The first kappa shape index (κ1) is 13.2. The average molecular weight is 375 g/mol. The lowest BCUT2D eigenvalue weighted by Gasteiger charge is -1.99. The number of carbonyl (C=O) groups excluding carboxylic acids is 1. The lowest BCUT2D eigenvalue weighted by atomic mass is 10.1. The molecule has 1 aromatic carbocycles. The van der Waals surface area contributed by atoms with Crippen molar-refractivity contribution in [2.45, 2.75) is 0 Å². The van der Waals surface area contributed by atoms with E-state index in [9.17, 15) is 4.79 Å². The summed E-state index contributed by atoms with van der Waals surface area (Å²) in [6.07, 6.45) is 1.69. The predicted octanol–water partition coefficient (Wildman–Crippen LogP) is 5.53. The SMILES string of the molecule is O=C(c1cc(Cl)sc1Cl)c1c[nH]c2cccc(Br)c12. The summed E-state index contributed by atoms with van der Waals surface area (Å²) in [5.74, 6) is -0.133. The highest BCUT2D eigenvalue weighted by Crippen LogP contribution is 2.35. The molecule has 96 valence electrons. The number of thiophene rings is 1. The number of nitrogens with one attached hydrogen (secondary N) is 1. The van der Waals surface area contributed by atoms with Crippen molar-refractivity contribution in [2.24, 2.45) is 0 Å². The summed E-state index contributed by atoms with van der Waals surface area (Å²) in [5.41, 5.74) is 1.92. The number of carbonyl (C=O) groups is 1. The van der Waals surface area contributed by atoms with E-state index in [1.54, 1.807) is 12.3 Å². The summed E-state index contributed by atoms with van der Waals surface area (Å²) in [7, 11) is 0. The number of H-pyrrole nitrogens is 1. The second kappa shape index (κ2) is 4.94. The molecule has 0 fully saturated rings. The van der Waals surface area contributed by atoms with Crippen LogP contribution in [0.1, 0.15) is 15.9 Å². The Hall–Kier alpha value is -0.810. The summed E-state index contributed by atoms with van der Waals surface area (Å²) < 4.78 is 1.79. The Labute approximate surface area is 131 Å². The first-order valence-electron chi connectivity index (χ1n) is 5.33. The molecule has 3 rings (SSSR count). The molecule has 0 spiro atoms. The molecule has 0 aliphatic heterocycles. The van der Waals surface area contributed by atoms with Gasteiger partial charge in [0.2, 0.25) is 0 Å². The van der Waals surface area contributed by atoms with Gasteiger partial charge in [-0.25, -0.2) is 0 Å². The predicted molar refractivity (Wildman–Crippen MR) is 83.8 cm³/mol. The first-order valence-corrected chi connectivity index (χ1v) is 7.69. The minimum Gasteiger partial charge on any atom is -0.360 e. The van der Waals surface area contributed by atoms with Gasteiger partial charge in [-0.2, -0.15) is 0 Å². The van der Waals surface area contributed by atoms with Crippen molar-refractivity contribution in [1.29, 1.82) is 0 Å². The zero-order chi connectivity index (χ0) is 13.6. The first-order chi connectivity index (χ1) is 9.08. The molecule has 6 heteroatoms. The van der Waals surface area contributed by atoms with E-state index in [1.165, 1.54) is 11.3 Å². The van der Waals surface area contributed by atoms with E-state index < -0.39 is 0 Å². The van der Waals surface area contributed by atoms with E-state index in [-0.39, 0.29) is 5.78 Å². The molecule has 2 nitrogen and oxygen atoms in total. The number of fused-ring (bicyclic) bond motifs is 1. The molecule has 0 aliphatic carbocycles. The van der Waals surface area contributed by atoms with Crippen molar-refractivity contribution in [3.8, 4) is 0 Å². The van der Waals surface area contributed by atoms with Crippen molar-refractivity contribution in [1.82, 2.24) is 4.98 Å². The normalized spacial score (nSPS) is 11.1. The van der Waals surface area contributed by atoms with Gasteiger partial charge in [-0.15, -0.1) is 11.3 Å². The fourth-order valence-electron chi connectivity index (χ4n) is 1.96. The molecule has 2 aromatic heterocycles. The van der Waals surface area contributed by atoms with Gasteiger partial charge >= 0.3 is 0 Å². The van der Waals surface area contributed by atoms with Gasteiger partial charge in [0.1, 0.15) is 4.34 Å². The van der Waals surface area contributed by atoms with Crippen LogP contribution < -0.4 is 0 Å². The van der Waals surface area contributed by atoms with E-state index in [1.807, 2.05) is 18.2 Å². The number of aromatic amines is 1. The highest BCUT2D eigenvalue weighted by Gasteiger charge is 2.20. The monoisotopic (exact) mass is 373 g/mol. The fraction of sp³-hybridized carbons (Fsp3) is 0. The topological polar surface area (TPSA) is 32.9 Å². The van der Waals surface area contributed by atoms with Gasteiger partial charge in [0.05, 0.1) is 9.90 Å². The highest BCUT2D eigenvalue weighted by molar-refractivity contribution is 9.10. The third-order valence-corrected chi connectivity index (χ3v) is 4.95. The molecule has 1 N–H and O–H groups in total. The zero-order valence-electron chi connectivity index (χ0n) is 9.34. The largest absolute Gasteiger partial charge is 0.360 e. The van der Waals surface area contributed by atoms with E-state index >= 15 is 0 Å². The van der Waals surface area contributed by atoms with Crippen molar-refractivity contribution in [3.05, 3.63) is 54.7 Å². The maximum absolute atomic E-state index is 12.5. The van der Waals surface area contributed by atoms with Gasteiger partial charge in [0, 0.05) is 27.1 Å². The van der Waals surface area contributed by atoms with Gasteiger partial charge in [-0.3, -0.25) is 4.79 Å². The number of benzene rings is 1. The number of ketones is 1. The van der Waals surface area contributed by atoms with Gasteiger partial charge in [0.25, 0.3) is 0 Å². The number of hydrogen-bond donors (Lipinski definition) is 1. The molecule has 0 saturated carbocycles. The van der Waals surface area contributed by atoms with Crippen molar-refractivity contribution < 1.29 is 4.79 Å². The number of hydrogen-bond acceptors (Lipinski definition) is 2. The average Bonchev–Trinajstić information content (AvgIpc) is 2.93. The molecule has 0 saturated heterocycles. The van der Waals surface area contributed by atoms with Crippen LogP contribution in [0.4, 0.5) is 0 Å². The molecular formula is C13H6BrCl2NOS. The number of rotatable bonds is 2. The molecule has 0 radical (unpaired) electrons. The molecular weight excluding hydrogens is 369 g/mol. The van der Waals surface area contributed by atoms with E-state index in [0.29, 0.717) is 19.8 Å². The Morgan fingerprint density at radius 3 is 2.74 bits per heavy atom. The zero-order valence-corrected chi connectivity index (χ0v) is 13.3. The summed E-state index contributed by atoms with van der Waals surface area (Å²) in [6.45, 7) is 0. The Balaban J connectivity index is 2.20. The molecule has 3 aromatic rings. The van der Waals surface area contributed by atoms with Gasteiger partial charge < -0.3 is 4.98 Å². The third-order valence-electron chi connectivity index (χ3n) is 2.80. The molecule has 0 aliphatic rings. The summed E-state index contributed by atoms with van der Waals surface area (Å²) in [6, 6.07) is 7.33. The van der Waals surface area contributed by atoms with Crippen molar-refractivity contribution in [2.75, 3.05) is 0 Å². The van der Waals surface area contributed by atoms with Crippen LogP contribution in [-0.2, 0) is 0 Å². The van der Waals surface area contributed by atoms with Crippen LogP contribution in [0.2, 0.25) is 8.67 Å². The van der Waals surface area contributed by atoms with Gasteiger partial charge in [-0.05, 0) is 18.2 Å². The Morgan fingerprint density at radius 2 is 2.05 bits per heavy atom. The standard InChI is InChI=1S/C13H6BrCl2NOS/c14-8-2-1-3-9-11(8)7(5-17-9)12(18)6-4-10(15)19-13(6)16/h1-5,17H. The van der Waals surface area contributed by atoms with Crippen LogP contribution in [-0.4, -0.2) is 10.8 Å². The van der Waals surface area contributed by atoms with Crippen molar-refractivity contribution >= 4 is 67.2 Å². The molecule has 0 atom stereocenters. The number of halogens is 3. The minimum atomic E-state index is -0.133. The van der Waals surface area contributed by atoms with Crippen LogP contribution in [0, 0.1) is 0 Å². The minimum absolute atomic E-state index is 0.133. The van der Waals surface area contributed by atoms with Crippen LogP contribution in [0.25, 0.3) is 10.9 Å². The second-order valence-corrected chi connectivity index (χ2v) is 7.07. The summed E-state index contributed by atoms with van der Waals surface area (Å²) >= 11 is 16.6. The Bertz CT molecular complexity index is 793. The van der Waals surface area contributed by atoms with E-state index in [0.717, 1.165) is 15.4 Å². The van der Waals surface area contributed by atoms with Crippen molar-refractivity contribution in [3.63, 3.8) is 0 Å². The van der Waals surface area contributed by atoms with Crippen LogP contribution in [0.15, 0.2) is 34.9 Å². The Morgan fingerprint density at radius 1 is 1.26 bits per heavy atom. The number of aromatic nitrogens is 1. The molecule has 19 heavy (non-hydrogen) atoms. The fourth-order valence-corrected chi connectivity index (χ4v) is 4.00. The maximum Gasteiger partial charge on any atom is 0.197 e.